The fraction of sp³-hybridized carbons (Fsp3) is 1.00. The molecule has 22 heavy (non-hydrogen) atoms. The van der Waals surface area contributed by atoms with E-state index < -0.39 is 0 Å². The van der Waals surface area contributed by atoms with Crippen molar-refractivity contribution in [1.82, 2.24) is 14.7 Å². The Morgan fingerprint density at radius 2 is 1.36 bits per heavy atom. The molecule has 1 saturated carbocycles. The van der Waals surface area contributed by atoms with Gasteiger partial charge >= 0.3 is 0 Å². The van der Waals surface area contributed by atoms with Crippen molar-refractivity contribution in [3.8, 4) is 0 Å². The van der Waals surface area contributed by atoms with Crippen molar-refractivity contribution in [3.05, 3.63) is 0 Å². The van der Waals surface area contributed by atoms with Gasteiger partial charge < -0.3 is 9.80 Å². The van der Waals surface area contributed by atoms with Gasteiger partial charge in [-0.25, -0.2) is 0 Å². The van der Waals surface area contributed by atoms with Crippen molar-refractivity contribution >= 4 is 0 Å². The van der Waals surface area contributed by atoms with Gasteiger partial charge in [-0.2, -0.15) is 0 Å². The largest absolute Gasteiger partial charge is 0.302 e. The molecule has 0 amide bonds. The second-order valence-electron chi connectivity index (χ2n) is 9.57. The molecule has 1 spiro atoms. The van der Waals surface area contributed by atoms with Crippen LogP contribution in [0.25, 0.3) is 0 Å². The van der Waals surface area contributed by atoms with E-state index in [9.17, 15) is 0 Å². The lowest BCUT2D eigenvalue weighted by Crippen LogP contribution is -2.73. The molecule has 3 saturated heterocycles. The zero-order valence-electron chi connectivity index (χ0n) is 15.1. The highest BCUT2D eigenvalue weighted by molar-refractivity contribution is 5.07. The molecule has 2 unspecified atom stereocenters. The molecule has 2 atom stereocenters. The quantitative estimate of drug-likeness (QED) is 0.789. The predicted octanol–water partition coefficient (Wildman–Crippen LogP) is 2.38. The lowest BCUT2D eigenvalue weighted by Gasteiger charge is -2.62. The Labute approximate surface area is 137 Å². The van der Waals surface area contributed by atoms with Crippen molar-refractivity contribution in [2.45, 2.75) is 52.6 Å². The first kappa shape index (κ1) is 15.4. The highest BCUT2D eigenvalue weighted by atomic mass is 15.3. The molecular weight excluding hydrogens is 270 g/mol. The Balaban J connectivity index is 1.19. The number of hydrogen-bond donors (Lipinski definition) is 0. The van der Waals surface area contributed by atoms with Crippen LogP contribution in [0.5, 0.6) is 0 Å². The van der Waals surface area contributed by atoms with Gasteiger partial charge in [-0.1, -0.05) is 0 Å². The maximum atomic E-state index is 2.77. The summed E-state index contributed by atoms with van der Waals surface area (Å²) in [5.74, 6) is 3.04. The summed E-state index contributed by atoms with van der Waals surface area (Å²) in [5.41, 5.74) is 0.702. The third-order valence-corrected chi connectivity index (χ3v) is 7.05. The molecule has 4 aliphatic rings. The number of likely N-dealkylation sites (tertiary alicyclic amines) is 3. The maximum absolute atomic E-state index is 2.77. The van der Waals surface area contributed by atoms with E-state index in [0.29, 0.717) is 5.41 Å². The van der Waals surface area contributed by atoms with Crippen LogP contribution in [0.2, 0.25) is 0 Å². The Morgan fingerprint density at radius 1 is 0.818 bits per heavy atom. The third kappa shape index (κ3) is 2.63. The molecule has 0 radical (unpaired) electrons. The number of fused-ring (bicyclic) bond motifs is 1. The van der Waals surface area contributed by atoms with Gasteiger partial charge in [-0.05, 0) is 58.3 Å². The SMILES string of the molecule is CC(C)N1CC2CC(CN3CC4(C3)CN(C(C)C)C4)CC2C1. The molecule has 0 N–H and O–H groups in total. The summed E-state index contributed by atoms with van der Waals surface area (Å²) in [6.45, 7) is 19.0. The summed E-state index contributed by atoms with van der Waals surface area (Å²) < 4.78 is 0. The van der Waals surface area contributed by atoms with Crippen molar-refractivity contribution in [2.75, 3.05) is 45.8 Å². The van der Waals surface area contributed by atoms with Gasteiger partial charge in [0, 0.05) is 63.3 Å². The highest BCUT2D eigenvalue weighted by Crippen LogP contribution is 2.45. The Bertz CT molecular complexity index is 391. The van der Waals surface area contributed by atoms with Crippen LogP contribution in [-0.4, -0.2) is 72.6 Å². The van der Waals surface area contributed by atoms with Crippen LogP contribution >= 0.6 is 0 Å². The number of nitrogens with zero attached hydrogens (tertiary/aromatic N) is 3. The van der Waals surface area contributed by atoms with Gasteiger partial charge in [-0.15, -0.1) is 0 Å². The maximum Gasteiger partial charge on any atom is 0.0212 e. The van der Waals surface area contributed by atoms with Gasteiger partial charge in [-0.3, -0.25) is 4.90 Å². The van der Waals surface area contributed by atoms with E-state index in [2.05, 4.69) is 42.4 Å². The smallest absolute Gasteiger partial charge is 0.0212 e. The van der Waals surface area contributed by atoms with Gasteiger partial charge in [0.2, 0.25) is 0 Å². The number of hydrogen-bond acceptors (Lipinski definition) is 3. The standard InChI is InChI=1S/C19H35N3/c1-14(2)21-8-17-5-16(6-18(17)9-21)7-20-10-19(11-20)12-22(13-19)15(3)4/h14-18H,5-13H2,1-4H3. The summed E-state index contributed by atoms with van der Waals surface area (Å²) in [7, 11) is 0. The van der Waals surface area contributed by atoms with Gasteiger partial charge in [0.25, 0.3) is 0 Å². The summed E-state index contributed by atoms with van der Waals surface area (Å²) in [5, 5.41) is 0. The van der Waals surface area contributed by atoms with Crippen LogP contribution in [0, 0.1) is 23.2 Å². The topological polar surface area (TPSA) is 9.72 Å². The zero-order valence-corrected chi connectivity index (χ0v) is 15.1. The number of rotatable bonds is 4. The molecule has 0 aromatic carbocycles. The predicted molar refractivity (Wildman–Crippen MR) is 92.0 cm³/mol. The molecule has 0 aromatic rings. The fourth-order valence-electron chi connectivity index (χ4n) is 5.81. The Morgan fingerprint density at radius 3 is 1.86 bits per heavy atom. The van der Waals surface area contributed by atoms with Crippen molar-refractivity contribution in [2.24, 2.45) is 23.2 Å². The normalized spacial score (nSPS) is 38.7. The van der Waals surface area contributed by atoms with E-state index >= 15 is 0 Å². The van der Waals surface area contributed by atoms with E-state index in [-0.39, 0.29) is 0 Å². The Hall–Kier alpha value is -0.120. The van der Waals surface area contributed by atoms with Crippen LogP contribution in [0.3, 0.4) is 0 Å². The van der Waals surface area contributed by atoms with Crippen molar-refractivity contribution in [1.29, 1.82) is 0 Å². The van der Waals surface area contributed by atoms with Crippen LogP contribution in [-0.2, 0) is 0 Å². The van der Waals surface area contributed by atoms with Crippen LogP contribution < -0.4 is 0 Å². The first-order valence-corrected chi connectivity index (χ1v) is 9.64. The molecular formula is C19H35N3. The van der Waals surface area contributed by atoms with E-state index in [1.54, 1.807) is 0 Å². The monoisotopic (exact) mass is 305 g/mol. The van der Waals surface area contributed by atoms with Crippen molar-refractivity contribution in [3.63, 3.8) is 0 Å². The molecule has 3 heteroatoms. The van der Waals surface area contributed by atoms with E-state index in [0.717, 1.165) is 29.8 Å². The average molecular weight is 306 g/mol. The van der Waals surface area contributed by atoms with E-state index in [4.69, 9.17) is 0 Å². The summed E-state index contributed by atoms with van der Waals surface area (Å²) in [6.07, 6.45) is 3.02. The second kappa shape index (κ2) is 5.46. The first-order valence-electron chi connectivity index (χ1n) is 9.64. The molecule has 4 rings (SSSR count). The molecule has 0 bridgehead atoms. The van der Waals surface area contributed by atoms with Crippen LogP contribution in [0.15, 0.2) is 0 Å². The van der Waals surface area contributed by atoms with Crippen LogP contribution in [0.4, 0.5) is 0 Å². The highest BCUT2D eigenvalue weighted by Gasteiger charge is 2.52. The summed E-state index contributed by atoms with van der Waals surface area (Å²) in [6, 6.07) is 1.50. The molecule has 4 fully saturated rings. The van der Waals surface area contributed by atoms with Crippen LogP contribution in [0.1, 0.15) is 40.5 Å². The molecule has 3 aliphatic heterocycles. The zero-order chi connectivity index (χ0) is 15.5. The first-order chi connectivity index (χ1) is 10.4. The lowest BCUT2D eigenvalue weighted by atomic mass is 9.72. The van der Waals surface area contributed by atoms with Gasteiger partial charge in [0.05, 0.1) is 0 Å². The molecule has 3 nitrogen and oxygen atoms in total. The van der Waals surface area contributed by atoms with E-state index in [1.165, 1.54) is 58.7 Å². The van der Waals surface area contributed by atoms with Crippen molar-refractivity contribution < 1.29 is 0 Å². The second-order valence-corrected chi connectivity index (χ2v) is 9.57. The minimum absolute atomic E-state index is 0.702. The average Bonchev–Trinajstić information content (AvgIpc) is 2.87. The Kier molecular flexibility index (Phi) is 3.82. The molecule has 1 aliphatic carbocycles. The molecule has 3 heterocycles. The third-order valence-electron chi connectivity index (χ3n) is 7.05. The fourth-order valence-corrected chi connectivity index (χ4v) is 5.81. The van der Waals surface area contributed by atoms with Gasteiger partial charge in [0.15, 0.2) is 0 Å². The summed E-state index contributed by atoms with van der Waals surface area (Å²) >= 11 is 0. The lowest BCUT2D eigenvalue weighted by molar-refractivity contribution is -0.129. The summed E-state index contributed by atoms with van der Waals surface area (Å²) in [4.78, 5) is 8.11. The minimum Gasteiger partial charge on any atom is -0.302 e. The minimum atomic E-state index is 0.702. The van der Waals surface area contributed by atoms with E-state index in [1.807, 2.05) is 0 Å². The molecule has 0 aromatic heterocycles. The molecule has 126 valence electrons. The van der Waals surface area contributed by atoms with Gasteiger partial charge in [0.1, 0.15) is 0 Å².